The second kappa shape index (κ2) is 6.62. The molecule has 0 saturated heterocycles. The van der Waals surface area contributed by atoms with E-state index in [-0.39, 0.29) is 12.2 Å². The molecule has 0 aliphatic carbocycles. The molecule has 0 aliphatic rings. The van der Waals surface area contributed by atoms with E-state index in [9.17, 15) is 9.90 Å². The number of hydrogen-bond acceptors (Lipinski definition) is 3. The molecule has 0 unspecified atom stereocenters. The molecule has 1 heterocycles. The normalized spacial score (nSPS) is 10.7. The molecule has 21 heavy (non-hydrogen) atoms. The van der Waals surface area contributed by atoms with Gasteiger partial charge in [0, 0.05) is 6.54 Å². The molecular formula is C14H14Br2N2O3. The second-order valence-electron chi connectivity index (χ2n) is 4.37. The Morgan fingerprint density at radius 3 is 2.76 bits per heavy atom. The van der Waals surface area contributed by atoms with Crippen LogP contribution in [0.15, 0.2) is 27.1 Å². The Balaban J connectivity index is 2.31. The Kier molecular flexibility index (Phi) is 5.05. The third kappa shape index (κ3) is 3.29. The van der Waals surface area contributed by atoms with E-state index >= 15 is 0 Å². The van der Waals surface area contributed by atoms with Gasteiger partial charge in [-0.2, -0.15) is 5.10 Å². The van der Waals surface area contributed by atoms with E-state index in [1.807, 2.05) is 18.5 Å². The van der Waals surface area contributed by atoms with Crippen molar-refractivity contribution >= 4 is 37.8 Å². The van der Waals surface area contributed by atoms with Crippen LogP contribution >= 0.6 is 31.9 Å². The van der Waals surface area contributed by atoms with Crippen LogP contribution in [-0.2, 0) is 13.2 Å². The molecule has 5 nitrogen and oxygen atoms in total. The van der Waals surface area contributed by atoms with E-state index in [2.05, 4.69) is 37.0 Å². The van der Waals surface area contributed by atoms with Gasteiger partial charge >= 0.3 is 5.97 Å². The first kappa shape index (κ1) is 16.0. The smallest absolute Gasteiger partial charge is 0.339 e. The fourth-order valence-corrected chi connectivity index (χ4v) is 2.85. The highest BCUT2D eigenvalue weighted by Crippen LogP contribution is 2.31. The van der Waals surface area contributed by atoms with E-state index in [1.54, 1.807) is 12.1 Å². The molecule has 1 aromatic heterocycles. The summed E-state index contributed by atoms with van der Waals surface area (Å²) in [7, 11) is 0. The average Bonchev–Trinajstić information content (AvgIpc) is 2.72. The van der Waals surface area contributed by atoms with Crippen molar-refractivity contribution in [1.82, 2.24) is 9.78 Å². The maximum atomic E-state index is 11.3. The van der Waals surface area contributed by atoms with Crippen LogP contribution in [0.5, 0.6) is 5.75 Å². The lowest BCUT2D eigenvalue weighted by molar-refractivity contribution is 0.0691. The third-order valence-electron chi connectivity index (χ3n) is 3.00. The maximum absolute atomic E-state index is 11.3. The summed E-state index contributed by atoms with van der Waals surface area (Å²) in [5.74, 6) is -0.705. The number of aromatic carboxylic acids is 1. The number of aromatic nitrogens is 2. The summed E-state index contributed by atoms with van der Waals surface area (Å²) in [5, 5.41) is 13.6. The number of benzene rings is 1. The Labute approximate surface area is 139 Å². The van der Waals surface area contributed by atoms with Crippen LogP contribution in [0.1, 0.15) is 28.7 Å². The van der Waals surface area contributed by atoms with Crippen molar-refractivity contribution in [1.29, 1.82) is 0 Å². The minimum absolute atomic E-state index is 0.125. The lowest BCUT2D eigenvalue weighted by Gasteiger charge is -2.12. The number of hydrogen-bond donors (Lipinski definition) is 1. The van der Waals surface area contributed by atoms with Crippen molar-refractivity contribution in [3.8, 4) is 5.75 Å². The molecule has 2 rings (SSSR count). The van der Waals surface area contributed by atoms with Gasteiger partial charge in [0.05, 0.1) is 20.3 Å². The molecule has 0 atom stereocenters. The molecule has 2 aromatic rings. The second-order valence-corrected chi connectivity index (χ2v) is 6.02. The summed E-state index contributed by atoms with van der Waals surface area (Å²) in [6.45, 7) is 4.84. The highest BCUT2D eigenvalue weighted by atomic mass is 79.9. The highest BCUT2D eigenvalue weighted by molar-refractivity contribution is 9.10. The van der Waals surface area contributed by atoms with E-state index in [4.69, 9.17) is 4.74 Å². The maximum Gasteiger partial charge on any atom is 0.339 e. The van der Waals surface area contributed by atoms with Gasteiger partial charge in [-0.15, -0.1) is 0 Å². The lowest BCUT2D eigenvalue weighted by atomic mass is 10.2. The molecule has 1 aromatic carbocycles. The quantitative estimate of drug-likeness (QED) is 0.797. The van der Waals surface area contributed by atoms with Crippen LogP contribution in [0.3, 0.4) is 0 Å². The summed E-state index contributed by atoms with van der Waals surface area (Å²) < 4.78 is 9.06. The average molecular weight is 418 g/mol. The van der Waals surface area contributed by atoms with E-state index in [1.165, 1.54) is 6.07 Å². The third-order valence-corrected chi connectivity index (χ3v) is 4.66. The predicted molar refractivity (Wildman–Crippen MR) is 85.8 cm³/mol. The zero-order valence-electron chi connectivity index (χ0n) is 11.6. The lowest BCUT2D eigenvalue weighted by Crippen LogP contribution is -2.09. The van der Waals surface area contributed by atoms with Gasteiger partial charge < -0.3 is 9.84 Å². The standard InChI is InChI=1S/C14H14Br2N2O3/c1-3-18-11(12(16)8(2)17-18)7-21-13-9(14(19)20)5-4-6-10(13)15/h4-6H,3,7H2,1-2H3,(H,19,20). The number of carbonyl (C=O) groups is 1. The number of halogens is 2. The van der Waals surface area contributed by atoms with Gasteiger partial charge in [0.25, 0.3) is 0 Å². The predicted octanol–water partition coefficient (Wildman–Crippen LogP) is 4.01. The number of carboxylic acid groups (broad SMARTS) is 1. The SMILES string of the molecule is CCn1nc(C)c(Br)c1COc1c(Br)cccc1C(=O)O. The molecule has 0 fully saturated rings. The first-order valence-electron chi connectivity index (χ1n) is 6.32. The van der Waals surface area contributed by atoms with Gasteiger partial charge in [-0.1, -0.05) is 6.07 Å². The first-order chi connectivity index (χ1) is 9.95. The van der Waals surface area contributed by atoms with Gasteiger partial charge in [-0.05, 0) is 57.8 Å². The molecule has 0 spiro atoms. The van der Waals surface area contributed by atoms with Crippen molar-refractivity contribution < 1.29 is 14.6 Å². The van der Waals surface area contributed by atoms with Crippen LogP contribution < -0.4 is 4.74 Å². The molecule has 0 bridgehead atoms. The van der Waals surface area contributed by atoms with Crippen LogP contribution in [0, 0.1) is 6.92 Å². The van der Waals surface area contributed by atoms with E-state index in [0.29, 0.717) is 16.8 Å². The fraction of sp³-hybridized carbons (Fsp3) is 0.286. The number of nitrogens with zero attached hydrogens (tertiary/aromatic N) is 2. The topological polar surface area (TPSA) is 64.4 Å². The van der Waals surface area contributed by atoms with Crippen LogP contribution in [0.4, 0.5) is 0 Å². The summed E-state index contributed by atoms with van der Waals surface area (Å²) in [6.07, 6.45) is 0. The fourth-order valence-electron chi connectivity index (χ4n) is 1.97. The van der Waals surface area contributed by atoms with Crippen molar-refractivity contribution in [3.63, 3.8) is 0 Å². The van der Waals surface area contributed by atoms with Crippen LogP contribution in [0.25, 0.3) is 0 Å². The first-order valence-corrected chi connectivity index (χ1v) is 7.90. The minimum Gasteiger partial charge on any atom is -0.485 e. The molecular weight excluding hydrogens is 404 g/mol. The largest absolute Gasteiger partial charge is 0.485 e. The molecule has 0 radical (unpaired) electrons. The highest BCUT2D eigenvalue weighted by Gasteiger charge is 2.17. The monoisotopic (exact) mass is 416 g/mol. The minimum atomic E-state index is -1.02. The van der Waals surface area contributed by atoms with Crippen molar-refractivity contribution in [3.05, 3.63) is 44.1 Å². The van der Waals surface area contributed by atoms with E-state index in [0.717, 1.165) is 15.9 Å². The van der Waals surface area contributed by atoms with Gasteiger partial charge in [0.1, 0.15) is 17.9 Å². The molecule has 112 valence electrons. The van der Waals surface area contributed by atoms with Gasteiger partial charge in [-0.3, -0.25) is 4.68 Å². The van der Waals surface area contributed by atoms with Crippen molar-refractivity contribution in [2.45, 2.75) is 27.0 Å². The summed E-state index contributed by atoms with van der Waals surface area (Å²) >= 11 is 6.82. The molecule has 1 N–H and O–H groups in total. The Bertz CT molecular complexity index is 683. The molecule has 0 aliphatic heterocycles. The van der Waals surface area contributed by atoms with Gasteiger partial charge in [-0.25, -0.2) is 4.79 Å². The van der Waals surface area contributed by atoms with Crippen molar-refractivity contribution in [2.75, 3.05) is 0 Å². The Morgan fingerprint density at radius 2 is 2.14 bits per heavy atom. The Morgan fingerprint density at radius 1 is 1.43 bits per heavy atom. The molecule has 0 amide bonds. The number of carboxylic acids is 1. The summed E-state index contributed by atoms with van der Waals surface area (Å²) in [5.41, 5.74) is 1.88. The zero-order chi connectivity index (χ0) is 15.6. The number of aryl methyl sites for hydroxylation is 2. The molecule has 7 heteroatoms. The number of ether oxygens (including phenoxy) is 1. The number of para-hydroxylation sites is 1. The van der Waals surface area contributed by atoms with Crippen LogP contribution in [0.2, 0.25) is 0 Å². The molecule has 0 saturated carbocycles. The summed E-state index contributed by atoms with van der Waals surface area (Å²) in [6, 6.07) is 4.93. The Hall–Kier alpha value is -1.34. The van der Waals surface area contributed by atoms with Crippen molar-refractivity contribution in [2.24, 2.45) is 0 Å². The van der Waals surface area contributed by atoms with Crippen LogP contribution in [-0.4, -0.2) is 20.9 Å². The van der Waals surface area contributed by atoms with E-state index < -0.39 is 5.97 Å². The summed E-state index contributed by atoms with van der Waals surface area (Å²) in [4.78, 5) is 11.3. The van der Waals surface area contributed by atoms with Gasteiger partial charge in [0.2, 0.25) is 0 Å². The number of rotatable bonds is 5. The van der Waals surface area contributed by atoms with Gasteiger partial charge in [0.15, 0.2) is 0 Å². The zero-order valence-corrected chi connectivity index (χ0v) is 14.7.